The van der Waals surface area contributed by atoms with Crippen molar-refractivity contribution in [1.29, 1.82) is 0 Å². The highest BCUT2D eigenvalue weighted by Crippen LogP contribution is 2.43. The molecule has 0 radical (unpaired) electrons. The SMILES string of the molecule is CC(C)CNS(=O)(=O)c1c2c(cc3cnc(C4CC4)cc13)CCC(c1ncc(-c3cccnc3)[nH]1)C2. The normalized spacial score (nSPS) is 18.0. The Morgan fingerprint density at radius 1 is 1.08 bits per heavy atom. The third-order valence-electron chi connectivity index (χ3n) is 7.31. The van der Waals surface area contributed by atoms with Crippen LogP contribution in [0.5, 0.6) is 0 Å². The number of aromatic nitrogens is 4. The monoisotopic (exact) mass is 501 g/mol. The Hall–Kier alpha value is -3.10. The molecule has 1 unspecified atom stereocenters. The minimum Gasteiger partial charge on any atom is -0.342 e. The van der Waals surface area contributed by atoms with Gasteiger partial charge < -0.3 is 4.98 Å². The van der Waals surface area contributed by atoms with Gasteiger partial charge in [0.05, 0.1) is 16.8 Å². The first-order valence-corrected chi connectivity index (χ1v) is 14.3. The molecule has 8 heteroatoms. The summed E-state index contributed by atoms with van der Waals surface area (Å²) >= 11 is 0. The second-order valence-corrected chi connectivity index (χ2v) is 12.3. The minimum absolute atomic E-state index is 0.115. The highest BCUT2D eigenvalue weighted by molar-refractivity contribution is 7.89. The molecular weight excluding hydrogens is 470 g/mol. The number of hydrogen-bond donors (Lipinski definition) is 2. The smallest absolute Gasteiger partial charge is 0.241 e. The van der Waals surface area contributed by atoms with E-state index in [-0.39, 0.29) is 11.8 Å². The number of hydrogen-bond acceptors (Lipinski definition) is 5. The first-order chi connectivity index (χ1) is 17.4. The highest BCUT2D eigenvalue weighted by atomic mass is 32.2. The van der Waals surface area contributed by atoms with E-state index in [1.165, 1.54) is 0 Å². The Morgan fingerprint density at radius 2 is 1.94 bits per heavy atom. The second kappa shape index (κ2) is 9.09. The summed E-state index contributed by atoms with van der Waals surface area (Å²) in [7, 11) is -3.71. The lowest BCUT2D eigenvalue weighted by Gasteiger charge is -2.27. The molecule has 186 valence electrons. The summed E-state index contributed by atoms with van der Waals surface area (Å²) < 4.78 is 30.5. The van der Waals surface area contributed by atoms with Crippen molar-refractivity contribution in [2.45, 2.75) is 62.7 Å². The lowest BCUT2D eigenvalue weighted by atomic mass is 9.82. The first-order valence-electron chi connectivity index (χ1n) is 12.8. The van der Waals surface area contributed by atoms with Crippen molar-refractivity contribution in [2.24, 2.45) is 5.92 Å². The first kappa shape index (κ1) is 23.3. The molecule has 1 aromatic carbocycles. The summed E-state index contributed by atoms with van der Waals surface area (Å²) in [5, 5.41) is 1.69. The van der Waals surface area contributed by atoms with Crippen LogP contribution in [-0.2, 0) is 22.9 Å². The van der Waals surface area contributed by atoms with Crippen molar-refractivity contribution in [1.82, 2.24) is 24.7 Å². The van der Waals surface area contributed by atoms with Crippen LogP contribution in [0.15, 0.2) is 53.9 Å². The van der Waals surface area contributed by atoms with E-state index in [1.54, 1.807) is 6.20 Å². The number of rotatable bonds is 7. The summed E-state index contributed by atoms with van der Waals surface area (Å²) in [5.74, 6) is 1.68. The fourth-order valence-electron chi connectivity index (χ4n) is 5.21. The van der Waals surface area contributed by atoms with Gasteiger partial charge in [-0.15, -0.1) is 0 Å². The summed E-state index contributed by atoms with van der Waals surface area (Å²) in [6.07, 6.45) is 11.9. The zero-order valence-electron chi connectivity index (χ0n) is 20.7. The lowest BCUT2D eigenvalue weighted by Crippen LogP contribution is -2.30. The van der Waals surface area contributed by atoms with E-state index in [1.807, 2.05) is 50.6 Å². The van der Waals surface area contributed by atoms with Crippen LogP contribution in [0.25, 0.3) is 22.0 Å². The van der Waals surface area contributed by atoms with Crippen LogP contribution in [0.2, 0.25) is 0 Å². The quantitative estimate of drug-likeness (QED) is 0.367. The molecule has 0 saturated heterocycles. The number of imidazole rings is 1. The van der Waals surface area contributed by atoms with Crippen molar-refractivity contribution >= 4 is 20.8 Å². The van der Waals surface area contributed by atoms with Gasteiger partial charge in [-0.3, -0.25) is 9.97 Å². The van der Waals surface area contributed by atoms with E-state index in [0.29, 0.717) is 23.8 Å². The van der Waals surface area contributed by atoms with E-state index in [0.717, 1.165) is 70.4 Å². The maximum absolute atomic E-state index is 13.8. The van der Waals surface area contributed by atoms with Gasteiger partial charge in [0.25, 0.3) is 0 Å². The van der Waals surface area contributed by atoms with Gasteiger partial charge in [-0.2, -0.15) is 0 Å². The zero-order valence-corrected chi connectivity index (χ0v) is 21.5. The highest BCUT2D eigenvalue weighted by Gasteiger charge is 2.32. The molecule has 0 spiro atoms. The molecular formula is C28H31N5O2S. The van der Waals surface area contributed by atoms with E-state index in [4.69, 9.17) is 4.98 Å². The molecule has 0 aliphatic heterocycles. The summed E-state index contributed by atoms with van der Waals surface area (Å²) in [4.78, 5) is 17.5. The van der Waals surface area contributed by atoms with Crippen molar-refractivity contribution in [3.8, 4) is 11.3 Å². The number of sulfonamides is 1. The molecule has 3 heterocycles. The average molecular weight is 502 g/mol. The number of nitrogens with one attached hydrogen (secondary N) is 2. The third kappa shape index (κ3) is 4.44. The fraction of sp³-hybridized carbons (Fsp3) is 0.393. The zero-order chi connectivity index (χ0) is 24.9. The van der Waals surface area contributed by atoms with Gasteiger partial charge >= 0.3 is 0 Å². The number of fused-ring (bicyclic) bond motifs is 2. The predicted octanol–water partition coefficient (Wildman–Crippen LogP) is 5.10. The summed E-state index contributed by atoms with van der Waals surface area (Å²) in [6, 6.07) is 8.08. The molecule has 3 aromatic heterocycles. The van der Waals surface area contributed by atoms with Crippen LogP contribution < -0.4 is 4.72 Å². The maximum Gasteiger partial charge on any atom is 0.241 e. The van der Waals surface area contributed by atoms with Gasteiger partial charge in [-0.1, -0.05) is 13.8 Å². The molecule has 0 amide bonds. The number of aryl methyl sites for hydroxylation is 1. The summed E-state index contributed by atoms with van der Waals surface area (Å²) in [5.41, 5.74) is 4.93. The Morgan fingerprint density at radius 3 is 2.69 bits per heavy atom. The molecule has 1 fully saturated rings. The molecule has 36 heavy (non-hydrogen) atoms. The van der Waals surface area contributed by atoms with Crippen LogP contribution in [0.1, 0.15) is 67.6 Å². The van der Waals surface area contributed by atoms with Gasteiger partial charge in [0.2, 0.25) is 10.0 Å². The molecule has 7 nitrogen and oxygen atoms in total. The number of benzene rings is 1. The van der Waals surface area contributed by atoms with Gasteiger partial charge in [0.15, 0.2) is 0 Å². The Labute approximate surface area is 211 Å². The molecule has 0 bridgehead atoms. The van der Waals surface area contributed by atoms with E-state index in [2.05, 4.69) is 25.7 Å². The molecule has 2 aliphatic carbocycles. The summed E-state index contributed by atoms with van der Waals surface area (Å²) in [6.45, 7) is 4.44. The van der Waals surface area contributed by atoms with Crippen molar-refractivity contribution < 1.29 is 8.42 Å². The average Bonchev–Trinajstić information content (AvgIpc) is 3.62. The number of nitrogens with zero attached hydrogens (tertiary/aromatic N) is 3. The van der Waals surface area contributed by atoms with E-state index in [9.17, 15) is 8.42 Å². The van der Waals surface area contributed by atoms with E-state index < -0.39 is 10.0 Å². The van der Waals surface area contributed by atoms with Crippen LogP contribution in [0.3, 0.4) is 0 Å². The predicted molar refractivity (Wildman–Crippen MR) is 140 cm³/mol. The van der Waals surface area contributed by atoms with Gasteiger partial charge in [-0.05, 0) is 73.4 Å². The van der Waals surface area contributed by atoms with Crippen LogP contribution >= 0.6 is 0 Å². The Kier molecular flexibility index (Phi) is 5.88. The lowest BCUT2D eigenvalue weighted by molar-refractivity contribution is 0.542. The maximum atomic E-state index is 13.8. The van der Waals surface area contributed by atoms with Crippen LogP contribution in [0.4, 0.5) is 0 Å². The number of pyridine rings is 2. The van der Waals surface area contributed by atoms with Crippen molar-refractivity contribution in [3.05, 3.63) is 71.7 Å². The van der Waals surface area contributed by atoms with Gasteiger partial charge in [-0.25, -0.2) is 18.1 Å². The standard InChI is InChI=1S/C28H31N5O2S/c1-17(2)13-32-36(34,35)27-23-11-20(28-31-16-26(33-28)21-4-3-9-29-14-21)8-7-19(23)10-22-15-30-25(12-24(22)27)18-5-6-18/h3-4,9-10,12,14-18,20,32H,5-8,11,13H2,1-2H3,(H,31,33). The third-order valence-corrected chi connectivity index (χ3v) is 8.86. The molecule has 4 aromatic rings. The topological polar surface area (TPSA) is 101 Å². The molecule has 2 N–H and O–H groups in total. The largest absolute Gasteiger partial charge is 0.342 e. The molecule has 2 aliphatic rings. The van der Waals surface area contributed by atoms with Crippen LogP contribution in [0, 0.1) is 5.92 Å². The van der Waals surface area contributed by atoms with Gasteiger partial charge in [0.1, 0.15) is 5.82 Å². The Bertz CT molecular complexity index is 1520. The second-order valence-electron chi connectivity index (χ2n) is 10.6. The molecule has 1 atom stereocenters. The minimum atomic E-state index is -3.71. The van der Waals surface area contributed by atoms with Gasteiger partial charge in [0, 0.05) is 59.0 Å². The molecule has 6 rings (SSSR count). The number of aromatic amines is 1. The fourth-order valence-corrected chi connectivity index (χ4v) is 6.91. The van der Waals surface area contributed by atoms with E-state index >= 15 is 0 Å². The Balaban J connectivity index is 1.43. The number of H-pyrrole nitrogens is 1. The van der Waals surface area contributed by atoms with Crippen LogP contribution in [-0.4, -0.2) is 34.9 Å². The van der Waals surface area contributed by atoms with Crippen molar-refractivity contribution in [3.63, 3.8) is 0 Å². The molecule has 1 saturated carbocycles. The van der Waals surface area contributed by atoms with Crippen molar-refractivity contribution in [2.75, 3.05) is 6.54 Å².